The van der Waals surface area contributed by atoms with Gasteiger partial charge in [-0.1, -0.05) is 65.9 Å². The summed E-state index contributed by atoms with van der Waals surface area (Å²) in [6, 6.07) is 21.1. The summed E-state index contributed by atoms with van der Waals surface area (Å²) in [5.74, 6) is 1.97. The van der Waals surface area contributed by atoms with Gasteiger partial charge in [-0.05, 0) is 54.2 Å². The van der Waals surface area contributed by atoms with Crippen LogP contribution in [0.3, 0.4) is 0 Å². The summed E-state index contributed by atoms with van der Waals surface area (Å²) in [4.78, 5) is 13.1. The normalized spacial score (nSPS) is 10.8. The molecule has 0 aliphatic carbocycles. The number of amides is 1. The number of aromatic nitrogens is 3. The molecule has 0 radical (unpaired) electrons. The first kappa shape index (κ1) is 28.2. The molecule has 0 aliphatic rings. The Kier molecular flexibility index (Phi) is 10.1. The smallest absolute Gasteiger partial charge is 0.344 e. The Morgan fingerprint density at radius 3 is 2.52 bits per heavy atom. The molecule has 206 valence electrons. The summed E-state index contributed by atoms with van der Waals surface area (Å²) >= 11 is 0. The van der Waals surface area contributed by atoms with Crippen molar-refractivity contribution in [3.8, 4) is 28.5 Å². The molecule has 0 bridgehead atoms. The number of carbonyl (C=O) groups excluding carboxylic acids is 1. The van der Waals surface area contributed by atoms with Gasteiger partial charge in [-0.15, -0.1) is 11.7 Å². The highest BCUT2D eigenvalue weighted by Gasteiger charge is 2.21. The molecule has 0 unspecified atom stereocenters. The van der Waals surface area contributed by atoms with E-state index in [1.165, 1.54) is 4.68 Å². The fraction of sp³-hybridized carbons (Fsp3) is 0.219. The van der Waals surface area contributed by atoms with Gasteiger partial charge in [-0.2, -0.15) is 4.68 Å². The fourth-order valence-corrected chi connectivity index (χ4v) is 4.16. The van der Waals surface area contributed by atoms with E-state index in [1.54, 1.807) is 26.5 Å². The van der Waals surface area contributed by atoms with Crippen LogP contribution < -0.4 is 19.5 Å². The fourth-order valence-electron chi connectivity index (χ4n) is 4.16. The summed E-state index contributed by atoms with van der Waals surface area (Å²) in [5, 5.41) is 11.0. The van der Waals surface area contributed by atoms with E-state index in [9.17, 15) is 4.79 Å². The molecule has 0 atom stereocenters. The molecular weight excluding hydrogens is 504 g/mol. The quantitative estimate of drug-likeness (QED) is 0.123. The molecule has 0 saturated heterocycles. The number of benzene rings is 3. The van der Waals surface area contributed by atoms with Gasteiger partial charge in [0.2, 0.25) is 0 Å². The summed E-state index contributed by atoms with van der Waals surface area (Å²) < 4.78 is 18.3. The van der Waals surface area contributed by atoms with E-state index < -0.39 is 0 Å². The average Bonchev–Trinajstić information content (AvgIpc) is 3.48. The minimum Gasteiger partial charge on any atom is -0.497 e. The van der Waals surface area contributed by atoms with Crippen molar-refractivity contribution < 1.29 is 19.0 Å². The van der Waals surface area contributed by atoms with Crippen LogP contribution in [0.1, 0.15) is 29.5 Å². The minimum absolute atomic E-state index is 0.375. The Hall–Kier alpha value is -4.85. The third kappa shape index (κ3) is 7.38. The van der Waals surface area contributed by atoms with Gasteiger partial charge in [0, 0.05) is 12.6 Å². The van der Waals surface area contributed by atoms with Crippen LogP contribution in [0.2, 0.25) is 0 Å². The molecular formula is C32H34N4O4. The van der Waals surface area contributed by atoms with E-state index in [4.69, 9.17) is 14.2 Å². The van der Waals surface area contributed by atoms with E-state index in [0.29, 0.717) is 42.3 Å². The lowest BCUT2D eigenvalue weighted by Crippen LogP contribution is -2.31. The first-order chi connectivity index (χ1) is 19.6. The van der Waals surface area contributed by atoms with Crippen molar-refractivity contribution in [3.05, 3.63) is 102 Å². The molecule has 3 aromatic carbocycles. The Labute approximate surface area is 234 Å². The van der Waals surface area contributed by atoms with E-state index >= 15 is 0 Å². The summed E-state index contributed by atoms with van der Waals surface area (Å²) in [6.45, 7) is 4.84. The molecule has 4 rings (SSSR count). The highest BCUT2D eigenvalue weighted by atomic mass is 16.5. The molecule has 1 aromatic heterocycles. The van der Waals surface area contributed by atoms with Crippen molar-refractivity contribution in [2.45, 2.75) is 19.3 Å². The van der Waals surface area contributed by atoms with E-state index in [1.807, 2.05) is 78.9 Å². The molecule has 8 heteroatoms. The molecule has 1 N–H and O–H groups in total. The predicted molar refractivity (Wildman–Crippen MR) is 158 cm³/mol. The number of allylic oxidation sites excluding steroid dienone is 1. The zero-order valence-electron chi connectivity index (χ0n) is 22.9. The lowest BCUT2D eigenvalue weighted by atomic mass is 10.0. The standard InChI is InChI=1S/C32H34N4O4/c1-4-5-9-20-40-27-16-13-25(14-17-27)12-15-26-21-28(38-2)22-30(39-3)31(26)29-23-34-35-36(29)32(37)33-19-18-24-10-7-6-8-11-24/h4,6-8,10-17,21-23H,1,5,9,18-20H2,2-3H3,(H,33,37)/b15-12+. The second-order valence-corrected chi connectivity index (χ2v) is 8.97. The molecule has 0 fully saturated rings. The molecule has 0 spiro atoms. The van der Waals surface area contributed by atoms with E-state index in [-0.39, 0.29) is 6.03 Å². The van der Waals surface area contributed by atoms with Crippen LogP contribution in [-0.4, -0.2) is 48.4 Å². The van der Waals surface area contributed by atoms with Crippen molar-refractivity contribution in [1.29, 1.82) is 0 Å². The van der Waals surface area contributed by atoms with Gasteiger partial charge in [-0.3, -0.25) is 0 Å². The third-order valence-electron chi connectivity index (χ3n) is 6.25. The Morgan fingerprint density at radius 2 is 1.80 bits per heavy atom. The van der Waals surface area contributed by atoms with Gasteiger partial charge in [-0.25, -0.2) is 4.79 Å². The van der Waals surface area contributed by atoms with Crippen molar-refractivity contribution in [2.75, 3.05) is 27.4 Å². The van der Waals surface area contributed by atoms with Gasteiger partial charge in [0.15, 0.2) is 0 Å². The SMILES string of the molecule is C=CCCCOc1ccc(/C=C/c2cc(OC)cc(OC)c2-c2cnnn2C(=O)NCCc2ccccc2)cc1. The van der Waals surface area contributed by atoms with Crippen LogP contribution in [0.25, 0.3) is 23.4 Å². The third-order valence-corrected chi connectivity index (χ3v) is 6.25. The number of methoxy groups -OCH3 is 2. The molecule has 0 aliphatic heterocycles. The number of unbranched alkanes of at least 4 members (excludes halogenated alkanes) is 1. The summed E-state index contributed by atoms with van der Waals surface area (Å²) in [7, 11) is 3.18. The zero-order chi connectivity index (χ0) is 28.2. The van der Waals surface area contributed by atoms with Crippen molar-refractivity contribution >= 4 is 18.2 Å². The average molecular weight is 539 g/mol. The number of nitrogens with zero attached hydrogens (tertiary/aromatic N) is 3. The maximum Gasteiger partial charge on any atom is 0.344 e. The predicted octanol–water partition coefficient (Wildman–Crippen LogP) is 6.28. The van der Waals surface area contributed by atoms with Gasteiger partial charge < -0.3 is 19.5 Å². The Morgan fingerprint density at radius 1 is 1.00 bits per heavy atom. The van der Waals surface area contributed by atoms with Crippen LogP contribution in [0.4, 0.5) is 4.79 Å². The highest BCUT2D eigenvalue weighted by Crippen LogP contribution is 2.38. The topological polar surface area (TPSA) is 87.5 Å². The van der Waals surface area contributed by atoms with E-state index in [0.717, 1.165) is 35.3 Å². The maximum atomic E-state index is 13.1. The number of ether oxygens (including phenoxy) is 3. The number of hydrogen-bond acceptors (Lipinski definition) is 6. The van der Waals surface area contributed by atoms with Gasteiger partial charge in [0.1, 0.15) is 22.9 Å². The first-order valence-corrected chi connectivity index (χ1v) is 13.1. The largest absolute Gasteiger partial charge is 0.497 e. The van der Waals surface area contributed by atoms with E-state index in [2.05, 4.69) is 22.2 Å². The summed E-state index contributed by atoms with van der Waals surface area (Å²) in [5.41, 5.74) is 4.07. The van der Waals surface area contributed by atoms with Gasteiger partial charge >= 0.3 is 6.03 Å². The Bertz CT molecular complexity index is 1430. The van der Waals surface area contributed by atoms with Crippen LogP contribution in [-0.2, 0) is 6.42 Å². The first-order valence-electron chi connectivity index (χ1n) is 13.1. The van der Waals surface area contributed by atoms with Crippen LogP contribution in [0.15, 0.2) is 85.6 Å². The second-order valence-electron chi connectivity index (χ2n) is 8.97. The van der Waals surface area contributed by atoms with Crippen LogP contribution >= 0.6 is 0 Å². The van der Waals surface area contributed by atoms with Crippen molar-refractivity contribution in [1.82, 2.24) is 20.3 Å². The monoisotopic (exact) mass is 538 g/mol. The highest BCUT2D eigenvalue weighted by molar-refractivity contribution is 5.88. The zero-order valence-corrected chi connectivity index (χ0v) is 22.9. The summed E-state index contributed by atoms with van der Waals surface area (Å²) in [6.07, 6.45) is 9.93. The Balaban J connectivity index is 1.57. The number of rotatable bonds is 13. The van der Waals surface area contributed by atoms with Gasteiger partial charge in [0.05, 0.1) is 32.6 Å². The molecule has 0 saturated carbocycles. The molecule has 1 heterocycles. The second kappa shape index (κ2) is 14.3. The minimum atomic E-state index is -0.375. The number of nitrogens with one attached hydrogen (secondary N) is 1. The molecule has 1 amide bonds. The number of carbonyl (C=O) groups is 1. The molecule has 40 heavy (non-hydrogen) atoms. The van der Waals surface area contributed by atoms with Crippen molar-refractivity contribution in [2.24, 2.45) is 0 Å². The van der Waals surface area contributed by atoms with Crippen molar-refractivity contribution in [3.63, 3.8) is 0 Å². The lowest BCUT2D eigenvalue weighted by Gasteiger charge is -2.15. The van der Waals surface area contributed by atoms with Crippen LogP contribution in [0, 0.1) is 0 Å². The maximum absolute atomic E-state index is 13.1. The molecule has 8 nitrogen and oxygen atoms in total. The lowest BCUT2D eigenvalue weighted by molar-refractivity contribution is 0.239. The molecule has 4 aromatic rings. The number of hydrogen-bond donors (Lipinski definition) is 1. The van der Waals surface area contributed by atoms with Crippen LogP contribution in [0.5, 0.6) is 17.2 Å². The van der Waals surface area contributed by atoms with Gasteiger partial charge in [0.25, 0.3) is 0 Å².